The highest BCUT2D eigenvalue weighted by atomic mass is 15.2. The summed E-state index contributed by atoms with van der Waals surface area (Å²) in [5, 5.41) is 0. The smallest absolute Gasteiger partial charge is 0.0303 e. The fourth-order valence-corrected chi connectivity index (χ4v) is 2.91. The number of rotatable bonds is 12. The van der Waals surface area contributed by atoms with Crippen molar-refractivity contribution in [3.63, 3.8) is 0 Å². The van der Waals surface area contributed by atoms with Crippen molar-refractivity contribution < 1.29 is 0 Å². The van der Waals surface area contributed by atoms with Crippen LogP contribution in [-0.2, 0) is 0 Å². The minimum atomic E-state index is 0.199. The topological polar surface area (TPSA) is 29.3 Å². The van der Waals surface area contributed by atoms with Crippen LogP contribution in [0.25, 0.3) is 0 Å². The second kappa shape index (κ2) is 10.7. The molecule has 19 heavy (non-hydrogen) atoms. The van der Waals surface area contributed by atoms with Crippen LogP contribution in [0, 0.1) is 5.92 Å². The maximum Gasteiger partial charge on any atom is 0.0303 e. The van der Waals surface area contributed by atoms with Crippen LogP contribution < -0.4 is 5.73 Å². The van der Waals surface area contributed by atoms with Crippen molar-refractivity contribution in [3.8, 4) is 0 Å². The van der Waals surface area contributed by atoms with E-state index in [1.165, 1.54) is 51.5 Å². The molecule has 0 amide bonds. The molecule has 0 aliphatic carbocycles. The molecule has 0 spiro atoms. The van der Waals surface area contributed by atoms with E-state index in [1.807, 2.05) is 0 Å². The molecular weight excluding hydrogens is 232 g/mol. The molecule has 0 aliphatic rings. The van der Waals surface area contributed by atoms with E-state index in [9.17, 15) is 0 Å². The van der Waals surface area contributed by atoms with Crippen molar-refractivity contribution in [1.29, 1.82) is 0 Å². The average Bonchev–Trinajstić information content (AvgIpc) is 2.44. The second-order valence-corrected chi connectivity index (χ2v) is 6.23. The summed E-state index contributed by atoms with van der Waals surface area (Å²) in [6.45, 7) is 14.7. The van der Waals surface area contributed by atoms with Gasteiger partial charge in [-0.05, 0) is 25.8 Å². The van der Waals surface area contributed by atoms with Crippen LogP contribution in [0.5, 0.6) is 0 Å². The Morgan fingerprint density at radius 1 is 1.00 bits per heavy atom. The molecule has 0 rings (SSSR count). The van der Waals surface area contributed by atoms with Gasteiger partial charge in [-0.15, -0.1) is 0 Å². The largest absolute Gasteiger partial charge is 0.329 e. The number of likely N-dealkylation sites (N-methyl/N-ethyl adjacent to an activating group) is 1. The van der Waals surface area contributed by atoms with Gasteiger partial charge in [-0.2, -0.15) is 0 Å². The van der Waals surface area contributed by atoms with Gasteiger partial charge in [0.15, 0.2) is 0 Å². The molecule has 2 heteroatoms. The lowest BCUT2D eigenvalue weighted by Gasteiger charge is -2.42. The Labute approximate surface area is 122 Å². The molecule has 0 saturated heterocycles. The molecule has 0 radical (unpaired) electrons. The van der Waals surface area contributed by atoms with Crippen LogP contribution in [0.15, 0.2) is 0 Å². The molecule has 0 aromatic carbocycles. The lowest BCUT2D eigenvalue weighted by atomic mass is 9.90. The van der Waals surface area contributed by atoms with Gasteiger partial charge in [-0.3, -0.25) is 4.90 Å². The number of unbranched alkanes of at least 4 members (excludes halogenated alkanes) is 3. The Bertz CT molecular complexity index is 201. The van der Waals surface area contributed by atoms with E-state index >= 15 is 0 Å². The molecule has 1 atom stereocenters. The SMILES string of the molecule is CCCCCCC(C)(CN)N(CC)CC(CC)CC. The molecule has 0 saturated carbocycles. The Morgan fingerprint density at radius 3 is 2.05 bits per heavy atom. The van der Waals surface area contributed by atoms with E-state index in [2.05, 4.69) is 39.5 Å². The van der Waals surface area contributed by atoms with E-state index in [-0.39, 0.29) is 5.54 Å². The summed E-state index contributed by atoms with van der Waals surface area (Å²) in [4.78, 5) is 2.64. The van der Waals surface area contributed by atoms with E-state index in [4.69, 9.17) is 5.73 Å². The van der Waals surface area contributed by atoms with Gasteiger partial charge < -0.3 is 5.73 Å². The quantitative estimate of drug-likeness (QED) is 0.531. The third-order valence-electron chi connectivity index (χ3n) is 4.79. The first-order chi connectivity index (χ1) is 9.07. The summed E-state index contributed by atoms with van der Waals surface area (Å²) < 4.78 is 0. The normalized spacial score (nSPS) is 15.2. The van der Waals surface area contributed by atoms with Crippen molar-refractivity contribution in [2.45, 2.75) is 85.1 Å². The standard InChI is InChI=1S/C17H38N2/c1-6-10-11-12-13-17(5,15-18)19(9-4)14-16(7-2)8-3/h16H,6-15,18H2,1-5H3. The van der Waals surface area contributed by atoms with Gasteiger partial charge in [-0.1, -0.05) is 66.2 Å². The average molecular weight is 271 g/mol. The first-order valence-corrected chi connectivity index (χ1v) is 8.52. The number of nitrogens with zero attached hydrogens (tertiary/aromatic N) is 1. The molecule has 2 nitrogen and oxygen atoms in total. The van der Waals surface area contributed by atoms with Crippen LogP contribution in [0.1, 0.15) is 79.6 Å². The van der Waals surface area contributed by atoms with Crippen molar-refractivity contribution >= 4 is 0 Å². The van der Waals surface area contributed by atoms with E-state index in [1.54, 1.807) is 0 Å². The summed E-state index contributed by atoms with van der Waals surface area (Å²) in [5.41, 5.74) is 6.31. The zero-order valence-corrected chi connectivity index (χ0v) is 14.2. The lowest BCUT2D eigenvalue weighted by molar-refractivity contribution is 0.0835. The highest BCUT2D eigenvalue weighted by Gasteiger charge is 2.29. The van der Waals surface area contributed by atoms with E-state index < -0.39 is 0 Å². The fraction of sp³-hybridized carbons (Fsp3) is 1.00. The zero-order chi connectivity index (χ0) is 14.7. The first-order valence-electron chi connectivity index (χ1n) is 8.52. The predicted octanol–water partition coefficient (Wildman–Crippen LogP) is 4.43. The summed E-state index contributed by atoms with van der Waals surface area (Å²) in [7, 11) is 0. The molecule has 2 N–H and O–H groups in total. The van der Waals surface area contributed by atoms with Gasteiger partial charge in [0.1, 0.15) is 0 Å². The van der Waals surface area contributed by atoms with Crippen LogP contribution in [-0.4, -0.2) is 30.1 Å². The number of nitrogens with two attached hydrogens (primary N) is 1. The maximum absolute atomic E-state index is 6.12. The third-order valence-corrected chi connectivity index (χ3v) is 4.79. The lowest BCUT2D eigenvalue weighted by Crippen LogP contribution is -2.53. The minimum absolute atomic E-state index is 0.199. The van der Waals surface area contributed by atoms with Gasteiger partial charge in [0.05, 0.1) is 0 Å². The van der Waals surface area contributed by atoms with Gasteiger partial charge in [0.25, 0.3) is 0 Å². The molecular formula is C17H38N2. The summed E-state index contributed by atoms with van der Waals surface area (Å²) in [6, 6.07) is 0. The molecule has 0 aliphatic heterocycles. The molecule has 1 unspecified atom stereocenters. The van der Waals surface area contributed by atoms with Crippen LogP contribution in [0.3, 0.4) is 0 Å². The van der Waals surface area contributed by atoms with E-state index in [0.29, 0.717) is 0 Å². The molecule has 0 fully saturated rings. The summed E-state index contributed by atoms with van der Waals surface area (Å²) >= 11 is 0. The predicted molar refractivity (Wildman–Crippen MR) is 87.5 cm³/mol. The monoisotopic (exact) mass is 270 g/mol. The third kappa shape index (κ3) is 6.76. The van der Waals surface area contributed by atoms with Crippen molar-refractivity contribution in [2.75, 3.05) is 19.6 Å². The van der Waals surface area contributed by atoms with Crippen molar-refractivity contribution in [2.24, 2.45) is 11.7 Å². The van der Waals surface area contributed by atoms with Crippen molar-refractivity contribution in [3.05, 3.63) is 0 Å². The van der Waals surface area contributed by atoms with Gasteiger partial charge in [0, 0.05) is 18.6 Å². The number of hydrogen-bond acceptors (Lipinski definition) is 2. The first kappa shape index (κ1) is 18.9. The van der Waals surface area contributed by atoms with Crippen LogP contribution in [0.4, 0.5) is 0 Å². The number of hydrogen-bond donors (Lipinski definition) is 1. The Hall–Kier alpha value is -0.0800. The molecule has 116 valence electrons. The highest BCUT2D eigenvalue weighted by Crippen LogP contribution is 2.24. The molecule has 0 bridgehead atoms. The molecule has 0 heterocycles. The van der Waals surface area contributed by atoms with Crippen molar-refractivity contribution in [1.82, 2.24) is 4.90 Å². The van der Waals surface area contributed by atoms with Gasteiger partial charge in [-0.25, -0.2) is 0 Å². The van der Waals surface area contributed by atoms with Gasteiger partial charge >= 0.3 is 0 Å². The zero-order valence-electron chi connectivity index (χ0n) is 14.2. The Morgan fingerprint density at radius 2 is 1.63 bits per heavy atom. The van der Waals surface area contributed by atoms with Gasteiger partial charge in [0.2, 0.25) is 0 Å². The minimum Gasteiger partial charge on any atom is -0.329 e. The summed E-state index contributed by atoms with van der Waals surface area (Å²) in [6.07, 6.45) is 9.16. The van der Waals surface area contributed by atoms with Crippen LogP contribution >= 0.6 is 0 Å². The Kier molecular flexibility index (Phi) is 10.6. The second-order valence-electron chi connectivity index (χ2n) is 6.23. The Balaban J connectivity index is 4.46. The van der Waals surface area contributed by atoms with Crippen LogP contribution in [0.2, 0.25) is 0 Å². The molecule has 0 aromatic heterocycles. The summed E-state index contributed by atoms with van der Waals surface area (Å²) in [5.74, 6) is 0.821. The fourth-order valence-electron chi connectivity index (χ4n) is 2.91. The highest BCUT2D eigenvalue weighted by molar-refractivity contribution is 4.87. The maximum atomic E-state index is 6.12. The van der Waals surface area contributed by atoms with E-state index in [0.717, 1.165) is 19.0 Å². The molecule has 0 aromatic rings.